The molecule has 0 radical (unpaired) electrons. The number of rotatable bonds is 5. The molecule has 0 spiro atoms. The molecule has 2 aromatic heterocycles. The summed E-state index contributed by atoms with van der Waals surface area (Å²) in [4.78, 5) is 20.7. The Balaban J connectivity index is 1.63. The normalized spacial score (nSPS) is 10.7. The monoisotopic (exact) mass is 418 g/mol. The first-order valence-electron chi connectivity index (χ1n) is 9.55. The molecule has 0 aliphatic carbocycles. The van der Waals surface area contributed by atoms with Crippen molar-refractivity contribution in [3.63, 3.8) is 0 Å². The molecule has 2 amide bonds. The number of amides is 2. The van der Waals surface area contributed by atoms with Crippen LogP contribution in [0.25, 0.3) is 22.5 Å². The van der Waals surface area contributed by atoms with Crippen molar-refractivity contribution in [1.82, 2.24) is 19.7 Å². The van der Waals surface area contributed by atoms with Gasteiger partial charge < -0.3 is 5.32 Å². The van der Waals surface area contributed by atoms with Crippen LogP contribution in [0.15, 0.2) is 73.3 Å². The lowest BCUT2D eigenvalue weighted by molar-refractivity contribution is 0.216. The van der Waals surface area contributed by atoms with Crippen LogP contribution in [-0.4, -0.2) is 31.0 Å². The second kappa shape index (κ2) is 8.72. The molecular formula is C22H19FN6O2. The van der Waals surface area contributed by atoms with Crippen molar-refractivity contribution >= 4 is 17.4 Å². The number of aryl methyl sites for hydroxylation is 1. The molecule has 8 nitrogen and oxygen atoms in total. The number of benzene rings is 2. The Morgan fingerprint density at radius 2 is 2.00 bits per heavy atom. The van der Waals surface area contributed by atoms with Gasteiger partial charge in [0.1, 0.15) is 17.8 Å². The number of carbonyl (C=O) groups excluding carboxylic acids is 1. The fourth-order valence-corrected chi connectivity index (χ4v) is 3.05. The summed E-state index contributed by atoms with van der Waals surface area (Å²) in [6.07, 6.45) is 4.98. The zero-order chi connectivity index (χ0) is 21.8. The third kappa shape index (κ3) is 4.41. The summed E-state index contributed by atoms with van der Waals surface area (Å²) >= 11 is 0. The van der Waals surface area contributed by atoms with Gasteiger partial charge in [-0.3, -0.25) is 9.89 Å². The van der Waals surface area contributed by atoms with Crippen molar-refractivity contribution < 1.29 is 14.4 Å². The maximum atomic E-state index is 13.0. The standard InChI is InChI=1S/C22H19FN6O2/c1-2-28-13-19(21(27-28)20-10-11-24-14-25-20)15-4-3-5-18(12-15)29(31)22(30)26-17-8-6-16(23)7-9-17/h3-14,31H,2H2,1H3,(H,26,30). The SMILES string of the molecule is CCn1cc(-c2cccc(N(O)C(=O)Nc3ccc(F)cc3)c2)c(-c2ccncn2)n1. The molecule has 4 aromatic rings. The van der Waals surface area contributed by atoms with Crippen molar-refractivity contribution in [3.8, 4) is 22.5 Å². The van der Waals surface area contributed by atoms with Crippen LogP contribution in [0.4, 0.5) is 20.6 Å². The summed E-state index contributed by atoms with van der Waals surface area (Å²) in [5.74, 6) is -0.418. The molecule has 31 heavy (non-hydrogen) atoms. The number of anilines is 2. The van der Waals surface area contributed by atoms with Crippen LogP contribution in [-0.2, 0) is 6.54 Å². The molecule has 2 N–H and O–H groups in total. The average molecular weight is 418 g/mol. The van der Waals surface area contributed by atoms with Crippen LogP contribution < -0.4 is 10.4 Å². The second-order valence-electron chi connectivity index (χ2n) is 6.64. The maximum Gasteiger partial charge on any atom is 0.350 e. The highest BCUT2D eigenvalue weighted by molar-refractivity contribution is 6.00. The number of hydrogen-bond acceptors (Lipinski definition) is 5. The Labute approximate surface area is 177 Å². The fourth-order valence-electron chi connectivity index (χ4n) is 3.05. The molecule has 9 heteroatoms. The summed E-state index contributed by atoms with van der Waals surface area (Å²) in [5.41, 5.74) is 3.50. The molecule has 0 unspecified atom stereocenters. The van der Waals surface area contributed by atoms with Crippen LogP contribution in [0.3, 0.4) is 0 Å². The predicted octanol–water partition coefficient (Wildman–Crippen LogP) is 4.59. The van der Waals surface area contributed by atoms with Gasteiger partial charge in [-0.2, -0.15) is 10.2 Å². The van der Waals surface area contributed by atoms with Crippen LogP contribution in [0.2, 0.25) is 0 Å². The molecule has 156 valence electrons. The lowest BCUT2D eigenvalue weighted by atomic mass is 10.0. The smallest absolute Gasteiger partial charge is 0.306 e. The number of carbonyl (C=O) groups is 1. The van der Waals surface area contributed by atoms with Gasteiger partial charge in [-0.05, 0) is 55.0 Å². The molecule has 0 saturated carbocycles. The predicted molar refractivity (Wildman–Crippen MR) is 114 cm³/mol. The molecule has 0 atom stereocenters. The van der Waals surface area contributed by atoms with Crippen molar-refractivity contribution in [2.75, 3.05) is 10.4 Å². The number of urea groups is 1. The number of aromatic nitrogens is 4. The lowest BCUT2D eigenvalue weighted by Crippen LogP contribution is -2.31. The molecule has 2 heterocycles. The summed E-state index contributed by atoms with van der Waals surface area (Å²) in [7, 11) is 0. The molecule has 0 aliphatic rings. The van der Waals surface area contributed by atoms with Gasteiger partial charge in [0, 0.05) is 30.2 Å². The van der Waals surface area contributed by atoms with E-state index in [2.05, 4.69) is 20.4 Å². The number of nitrogens with one attached hydrogen (secondary N) is 1. The van der Waals surface area contributed by atoms with Gasteiger partial charge in [-0.1, -0.05) is 12.1 Å². The third-order valence-corrected chi connectivity index (χ3v) is 4.60. The zero-order valence-electron chi connectivity index (χ0n) is 16.6. The maximum absolute atomic E-state index is 13.0. The van der Waals surface area contributed by atoms with E-state index >= 15 is 0 Å². The Morgan fingerprint density at radius 1 is 1.19 bits per heavy atom. The second-order valence-corrected chi connectivity index (χ2v) is 6.64. The summed E-state index contributed by atoms with van der Waals surface area (Å²) in [5, 5.41) is 18.0. The summed E-state index contributed by atoms with van der Waals surface area (Å²) in [6, 6.07) is 13.1. The van der Waals surface area contributed by atoms with Gasteiger partial charge in [0.25, 0.3) is 0 Å². The fraction of sp³-hybridized carbons (Fsp3) is 0.0909. The van der Waals surface area contributed by atoms with Crippen LogP contribution in [0.5, 0.6) is 0 Å². The van der Waals surface area contributed by atoms with Crippen molar-refractivity contribution in [1.29, 1.82) is 0 Å². The largest absolute Gasteiger partial charge is 0.350 e. The molecule has 0 aliphatic heterocycles. The van der Waals surface area contributed by atoms with E-state index in [1.54, 1.807) is 35.1 Å². The molecule has 0 saturated heterocycles. The van der Waals surface area contributed by atoms with Gasteiger partial charge in [-0.25, -0.2) is 19.2 Å². The van der Waals surface area contributed by atoms with E-state index in [1.807, 2.05) is 19.2 Å². The van der Waals surface area contributed by atoms with E-state index in [9.17, 15) is 14.4 Å². The average Bonchev–Trinajstić information content (AvgIpc) is 3.25. The summed E-state index contributed by atoms with van der Waals surface area (Å²) < 4.78 is 14.8. The Bertz CT molecular complexity index is 1190. The highest BCUT2D eigenvalue weighted by Crippen LogP contribution is 2.32. The van der Waals surface area contributed by atoms with Gasteiger partial charge in [0.05, 0.1) is 11.4 Å². The molecule has 0 fully saturated rings. The number of hydrogen-bond donors (Lipinski definition) is 2. The zero-order valence-corrected chi connectivity index (χ0v) is 16.6. The van der Waals surface area contributed by atoms with E-state index in [0.717, 1.165) is 11.1 Å². The number of nitrogens with zero attached hydrogens (tertiary/aromatic N) is 5. The Morgan fingerprint density at radius 3 is 2.71 bits per heavy atom. The van der Waals surface area contributed by atoms with Crippen LogP contribution in [0.1, 0.15) is 6.92 Å². The first-order chi connectivity index (χ1) is 15.0. The minimum atomic E-state index is -0.774. The van der Waals surface area contributed by atoms with Crippen molar-refractivity contribution in [3.05, 3.63) is 79.1 Å². The lowest BCUT2D eigenvalue weighted by Gasteiger charge is -2.16. The van der Waals surface area contributed by atoms with E-state index in [0.29, 0.717) is 28.7 Å². The van der Waals surface area contributed by atoms with Gasteiger partial charge >= 0.3 is 6.03 Å². The summed E-state index contributed by atoms with van der Waals surface area (Å²) in [6.45, 7) is 2.65. The van der Waals surface area contributed by atoms with Crippen LogP contribution >= 0.6 is 0 Å². The first kappa shape index (κ1) is 20.2. The van der Waals surface area contributed by atoms with Crippen molar-refractivity contribution in [2.24, 2.45) is 0 Å². The third-order valence-electron chi connectivity index (χ3n) is 4.60. The first-order valence-corrected chi connectivity index (χ1v) is 9.55. The highest BCUT2D eigenvalue weighted by Gasteiger charge is 2.18. The topological polar surface area (TPSA) is 96.2 Å². The van der Waals surface area contributed by atoms with E-state index < -0.39 is 11.8 Å². The molecule has 4 rings (SSSR count). The van der Waals surface area contributed by atoms with E-state index in [4.69, 9.17) is 0 Å². The number of hydroxylamine groups is 1. The van der Waals surface area contributed by atoms with Gasteiger partial charge in [0.2, 0.25) is 0 Å². The molecule has 0 bridgehead atoms. The molecular weight excluding hydrogens is 399 g/mol. The van der Waals surface area contributed by atoms with Crippen LogP contribution in [0, 0.1) is 5.82 Å². The van der Waals surface area contributed by atoms with Crippen molar-refractivity contribution in [2.45, 2.75) is 13.5 Å². The van der Waals surface area contributed by atoms with Gasteiger partial charge in [-0.15, -0.1) is 0 Å². The van der Waals surface area contributed by atoms with Gasteiger partial charge in [0.15, 0.2) is 0 Å². The Kier molecular flexibility index (Phi) is 5.67. The number of halogens is 1. The highest BCUT2D eigenvalue weighted by atomic mass is 19.1. The Hall–Kier alpha value is -4.11. The van der Waals surface area contributed by atoms with E-state index in [-0.39, 0.29) is 5.69 Å². The quantitative estimate of drug-likeness (QED) is 0.365. The van der Waals surface area contributed by atoms with E-state index in [1.165, 1.54) is 30.6 Å². The minimum Gasteiger partial charge on any atom is -0.306 e. The minimum absolute atomic E-state index is 0.259. The molecule has 2 aromatic carbocycles.